The summed E-state index contributed by atoms with van der Waals surface area (Å²) >= 11 is 0. The molecule has 0 spiro atoms. The minimum Gasteiger partial charge on any atom is -0.330 e. The second-order valence-electron chi connectivity index (χ2n) is 5.66. The van der Waals surface area contributed by atoms with E-state index in [4.69, 9.17) is 5.73 Å². The number of fused-ring (bicyclic) bond motifs is 1. The van der Waals surface area contributed by atoms with E-state index in [1.54, 1.807) is 11.9 Å². The van der Waals surface area contributed by atoms with Gasteiger partial charge >= 0.3 is 0 Å². The van der Waals surface area contributed by atoms with Gasteiger partial charge in [0.1, 0.15) is 0 Å². The van der Waals surface area contributed by atoms with Crippen molar-refractivity contribution in [3.05, 3.63) is 23.8 Å². The molecular weight excluding hydrogens is 254 g/mol. The number of carbonyl (C=O) groups is 2. The average Bonchev–Trinajstić information content (AvgIpc) is 2.58. The molecule has 0 aromatic heterocycles. The first kappa shape index (κ1) is 14.5. The third kappa shape index (κ3) is 2.41. The smallest absolute Gasteiger partial charge is 0.236 e. The summed E-state index contributed by atoms with van der Waals surface area (Å²) in [5.74, 6) is 0.0185. The van der Waals surface area contributed by atoms with Crippen LogP contribution in [0.1, 0.15) is 32.3 Å². The van der Waals surface area contributed by atoms with Crippen molar-refractivity contribution in [3.8, 4) is 0 Å². The van der Waals surface area contributed by atoms with Crippen LogP contribution in [0.4, 0.5) is 11.4 Å². The zero-order valence-electron chi connectivity index (χ0n) is 12.2. The Morgan fingerprint density at radius 3 is 2.75 bits per heavy atom. The van der Waals surface area contributed by atoms with Crippen LogP contribution in [0.5, 0.6) is 0 Å². The summed E-state index contributed by atoms with van der Waals surface area (Å²) < 4.78 is 0. The van der Waals surface area contributed by atoms with Crippen LogP contribution in [0.2, 0.25) is 0 Å². The lowest BCUT2D eigenvalue weighted by molar-refractivity contribution is -0.121. The predicted molar refractivity (Wildman–Crippen MR) is 79.8 cm³/mol. The van der Waals surface area contributed by atoms with Gasteiger partial charge in [0.2, 0.25) is 11.8 Å². The van der Waals surface area contributed by atoms with Gasteiger partial charge in [-0.2, -0.15) is 0 Å². The van der Waals surface area contributed by atoms with Crippen LogP contribution in [0.3, 0.4) is 0 Å². The van der Waals surface area contributed by atoms with Crippen LogP contribution in [0, 0.1) is 0 Å². The monoisotopic (exact) mass is 275 g/mol. The fraction of sp³-hybridized carbons (Fsp3) is 0.467. The maximum absolute atomic E-state index is 12.2. The minimum absolute atomic E-state index is 0.0501. The van der Waals surface area contributed by atoms with E-state index in [9.17, 15) is 9.59 Å². The summed E-state index contributed by atoms with van der Waals surface area (Å²) in [6.07, 6.45) is 1.08. The molecule has 0 fully saturated rings. The molecule has 1 aliphatic heterocycles. The number of hydrogen-bond donors (Lipinski definition) is 2. The third-order valence-electron chi connectivity index (χ3n) is 3.76. The van der Waals surface area contributed by atoms with Crippen molar-refractivity contribution < 1.29 is 9.59 Å². The number of amides is 2. The fourth-order valence-corrected chi connectivity index (χ4v) is 2.54. The molecule has 1 heterocycles. The summed E-state index contributed by atoms with van der Waals surface area (Å²) in [6.45, 7) is 4.30. The number of anilines is 2. The zero-order chi connectivity index (χ0) is 14.9. The van der Waals surface area contributed by atoms with Gasteiger partial charge in [-0.25, -0.2) is 0 Å². The molecule has 20 heavy (non-hydrogen) atoms. The van der Waals surface area contributed by atoms with Gasteiger partial charge in [0.05, 0.1) is 5.41 Å². The molecule has 0 saturated carbocycles. The van der Waals surface area contributed by atoms with Gasteiger partial charge in [0.15, 0.2) is 0 Å². The number of rotatable bonds is 4. The normalized spacial score (nSPS) is 16.2. The van der Waals surface area contributed by atoms with Crippen LogP contribution in [-0.2, 0) is 15.0 Å². The Bertz CT molecular complexity index is 552. The number of nitrogens with one attached hydrogen (secondary N) is 1. The highest BCUT2D eigenvalue weighted by Crippen LogP contribution is 2.41. The zero-order valence-corrected chi connectivity index (χ0v) is 12.2. The van der Waals surface area contributed by atoms with Gasteiger partial charge in [0, 0.05) is 24.8 Å². The fourth-order valence-electron chi connectivity index (χ4n) is 2.54. The van der Waals surface area contributed by atoms with E-state index in [0.717, 1.165) is 16.9 Å². The number of carbonyl (C=O) groups excluding carboxylic acids is 2. The SMILES string of the molecule is CN1C(=O)C(C)(C)c2cc(NC(=O)CCCN)ccc21. The van der Waals surface area contributed by atoms with Gasteiger partial charge < -0.3 is 16.0 Å². The molecular formula is C15H21N3O2. The molecule has 0 aliphatic carbocycles. The number of hydrogen-bond acceptors (Lipinski definition) is 3. The van der Waals surface area contributed by atoms with Gasteiger partial charge in [0.25, 0.3) is 0 Å². The van der Waals surface area contributed by atoms with Crippen molar-refractivity contribution in [1.82, 2.24) is 0 Å². The molecule has 1 aromatic rings. The van der Waals surface area contributed by atoms with Crippen LogP contribution in [0.15, 0.2) is 18.2 Å². The van der Waals surface area contributed by atoms with Gasteiger partial charge in [-0.3, -0.25) is 9.59 Å². The van der Waals surface area contributed by atoms with E-state index in [1.807, 2.05) is 32.0 Å². The van der Waals surface area contributed by atoms with Crippen molar-refractivity contribution in [1.29, 1.82) is 0 Å². The lowest BCUT2D eigenvalue weighted by Crippen LogP contribution is -2.33. The number of likely N-dealkylation sites (N-methyl/N-ethyl adjacent to an activating group) is 1. The van der Waals surface area contributed by atoms with Crippen molar-refractivity contribution in [2.24, 2.45) is 5.73 Å². The van der Waals surface area contributed by atoms with Crippen molar-refractivity contribution >= 4 is 23.2 Å². The maximum Gasteiger partial charge on any atom is 0.236 e. The first-order chi connectivity index (χ1) is 9.37. The highest BCUT2D eigenvalue weighted by Gasteiger charge is 2.42. The first-order valence-electron chi connectivity index (χ1n) is 6.80. The quantitative estimate of drug-likeness (QED) is 0.876. The summed E-state index contributed by atoms with van der Waals surface area (Å²) in [5, 5.41) is 2.85. The van der Waals surface area contributed by atoms with E-state index in [-0.39, 0.29) is 11.8 Å². The number of nitrogens with zero attached hydrogens (tertiary/aromatic N) is 1. The molecule has 2 amide bonds. The topological polar surface area (TPSA) is 75.4 Å². The Labute approximate surface area is 119 Å². The molecule has 1 aliphatic rings. The number of nitrogens with two attached hydrogens (primary N) is 1. The molecule has 5 nitrogen and oxygen atoms in total. The lowest BCUT2D eigenvalue weighted by atomic mass is 9.86. The van der Waals surface area contributed by atoms with Crippen LogP contribution in [0.25, 0.3) is 0 Å². The number of benzene rings is 1. The summed E-state index contributed by atoms with van der Waals surface area (Å²) in [6, 6.07) is 5.59. The van der Waals surface area contributed by atoms with E-state index in [0.29, 0.717) is 19.4 Å². The molecule has 3 N–H and O–H groups in total. The second-order valence-corrected chi connectivity index (χ2v) is 5.66. The van der Waals surface area contributed by atoms with Gasteiger partial charge in [-0.15, -0.1) is 0 Å². The second kappa shape index (κ2) is 5.25. The molecule has 2 rings (SSSR count). The maximum atomic E-state index is 12.2. The van der Waals surface area contributed by atoms with Crippen molar-refractivity contribution in [2.75, 3.05) is 23.8 Å². The lowest BCUT2D eigenvalue weighted by Gasteiger charge is -2.16. The molecule has 0 unspecified atom stereocenters. The molecule has 0 saturated heterocycles. The van der Waals surface area contributed by atoms with Gasteiger partial charge in [-0.1, -0.05) is 0 Å². The van der Waals surface area contributed by atoms with Crippen LogP contribution in [-0.4, -0.2) is 25.4 Å². The van der Waals surface area contributed by atoms with Crippen molar-refractivity contribution in [3.63, 3.8) is 0 Å². The Balaban J connectivity index is 2.23. The highest BCUT2D eigenvalue weighted by molar-refractivity contribution is 6.07. The highest BCUT2D eigenvalue weighted by atomic mass is 16.2. The Hall–Kier alpha value is -1.88. The first-order valence-corrected chi connectivity index (χ1v) is 6.80. The van der Waals surface area contributed by atoms with Crippen LogP contribution < -0.4 is 16.0 Å². The Morgan fingerprint density at radius 1 is 1.40 bits per heavy atom. The van der Waals surface area contributed by atoms with E-state index in [1.165, 1.54) is 0 Å². The molecule has 0 bridgehead atoms. The third-order valence-corrected chi connectivity index (χ3v) is 3.76. The van der Waals surface area contributed by atoms with E-state index in [2.05, 4.69) is 5.32 Å². The minimum atomic E-state index is -0.553. The summed E-state index contributed by atoms with van der Waals surface area (Å²) in [5.41, 5.74) is 7.41. The summed E-state index contributed by atoms with van der Waals surface area (Å²) in [4.78, 5) is 25.6. The molecule has 0 radical (unpaired) electrons. The van der Waals surface area contributed by atoms with Crippen LogP contribution >= 0.6 is 0 Å². The Kier molecular flexibility index (Phi) is 3.81. The molecule has 5 heteroatoms. The van der Waals surface area contributed by atoms with E-state index < -0.39 is 5.41 Å². The predicted octanol–water partition coefficient (Wildman–Crippen LogP) is 1.62. The Morgan fingerprint density at radius 2 is 2.10 bits per heavy atom. The molecule has 108 valence electrons. The van der Waals surface area contributed by atoms with E-state index >= 15 is 0 Å². The van der Waals surface area contributed by atoms with Gasteiger partial charge in [-0.05, 0) is 50.6 Å². The largest absolute Gasteiger partial charge is 0.330 e. The summed E-state index contributed by atoms with van der Waals surface area (Å²) in [7, 11) is 1.77. The average molecular weight is 275 g/mol. The molecule has 1 aromatic carbocycles. The molecule has 0 atom stereocenters. The standard InChI is InChI=1S/C15H21N3O2/c1-15(2)11-9-10(17-13(19)5-4-8-16)6-7-12(11)18(3)14(15)20/h6-7,9H,4-5,8,16H2,1-3H3,(H,17,19). The van der Waals surface area contributed by atoms with Crippen molar-refractivity contribution in [2.45, 2.75) is 32.1 Å².